The van der Waals surface area contributed by atoms with Crippen molar-refractivity contribution in [1.29, 1.82) is 0 Å². The third-order valence-corrected chi connectivity index (χ3v) is 2.17. The molecule has 0 heterocycles. The first kappa shape index (κ1) is 15.7. The van der Waals surface area contributed by atoms with Gasteiger partial charge in [0, 0.05) is 27.2 Å². The molecular formula is C11H24N4O2. The Morgan fingerprint density at radius 2 is 1.71 bits per heavy atom. The fourth-order valence-electron chi connectivity index (χ4n) is 1.26. The van der Waals surface area contributed by atoms with Crippen LogP contribution in [0.5, 0.6) is 0 Å². The number of rotatable bonds is 6. The summed E-state index contributed by atoms with van der Waals surface area (Å²) in [6.45, 7) is 4.83. The predicted molar refractivity (Wildman–Crippen MR) is 67.5 cm³/mol. The van der Waals surface area contributed by atoms with Crippen LogP contribution in [0.3, 0.4) is 0 Å². The van der Waals surface area contributed by atoms with E-state index in [9.17, 15) is 9.59 Å². The molecule has 100 valence electrons. The van der Waals surface area contributed by atoms with Crippen molar-refractivity contribution in [3.8, 4) is 0 Å². The molecule has 1 atom stereocenters. The minimum atomic E-state index is -0.473. The molecule has 1 unspecified atom stereocenters. The van der Waals surface area contributed by atoms with Gasteiger partial charge >= 0.3 is 6.03 Å². The monoisotopic (exact) mass is 244 g/mol. The number of carbonyl (C=O) groups excluding carboxylic acids is 2. The molecule has 3 amide bonds. The lowest BCUT2D eigenvalue weighted by atomic mass is 10.0. The summed E-state index contributed by atoms with van der Waals surface area (Å²) in [5.41, 5.74) is 5.70. The fourth-order valence-corrected chi connectivity index (χ4v) is 1.26. The molecule has 6 nitrogen and oxygen atoms in total. The molecular weight excluding hydrogens is 220 g/mol. The zero-order valence-electron chi connectivity index (χ0n) is 11.1. The van der Waals surface area contributed by atoms with Gasteiger partial charge in [-0.3, -0.25) is 4.79 Å². The van der Waals surface area contributed by atoms with Crippen molar-refractivity contribution in [2.75, 3.05) is 27.2 Å². The van der Waals surface area contributed by atoms with Crippen LogP contribution in [0.1, 0.15) is 20.3 Å². The van der Waals surface area contributed by atoms with Gasteiger partial charge in [-0.2, -0.15) is 0 Å². The Morgan fingerprint density at radius 1 is 1.18 bits per heavy atom. The lowest BCUT2D eigenvalue weighted by Crippen LogP contribution is -2.45. The van der Waals surface area contributed by atoms with Gasteiger partial charge in [-0.25, -0.2) is 4.79 Å². The lowest BCUT2D eigenvalue weighted by molar-refractivity contribution is -0.122. The Kier molecular flexibility index (Phi) is 7.29. The van der Waals surface area contributed by atoms with Gasteiger partial charge in [0.1, 0.15) is 0 Å². The molecule has 17 heavy (non-hydrogen) atoms. The Balaban J connectivity index is 3.68. The standard InChI is InChI=1S/C11H24N4O2/c1-8(2)7-9(12)10(16)13-5-6-14-11(17)15(3)4/h8-9H,5-7,12H2,1-4H3,(H,13,16)(H,14,17). The van der Waals surface area contributed by atoms with Crippen LogP contribution in [-0.4, -0.2) is 50.1 Å². The van der Waals surface area contributed by atoms with E-state index < -0.39 is 6.04 Å². The van der Waals surface area contributed by atoms with Gasteiger partial charge in [0.15, 0.2) is 0 Å². The van der Waals surface area contributed by atoms with Crippen LogP contribution in [0.2, 0.25) is 0 Å². The summed E-state index contributed by atoms with van der Waals surface area (Å²) in [5, 5.41) is 5.33. The maximum absolute atomic E-state index is 11.5. The Morgan fingerprint density at radius 3 is 2.18 bits per heavy atom. The van der Waals surface area contributed by atoms with Gasteiger partial charge < -0.3 is 21.3 Å². The van der Waals surface area contributed by atoms with Gasteiger partial charge in [0.25, 0.3) is 0 Å². The molecule has 0 bridgehead atoms. The summed E-state index contributed by atoms with van der Waals surface area (Å²) in [5.74, 6) is 0.224. The number of amides is 3. The summed E-state index contributed by atoms with van der Waals surface area (Å²) >= 11 is 0. The molecule has 0 aromatic heterocycles. The van der Waals surface area contributed by atoms with Crippen LogP contribution in [-0.2, 0) is 4.79 Å². The zero-order valence-corrected chi connectivity index (χ0v) is 11.1. The van der Waals surface area contributed by atoms with Gasteiger partial charge in [0.05, 0.1) is 6.04 Å². The smallest absolute Gasteiger partial charge is 0.316 e. The molecule has 0 aromatic rings. The Hall–Kier alpha value is -1.30. The summed E-state index contributed by atoms with van der Waals surface area (Å²) in [7, 11) is 3.32. The van der Waals surface area contributed by atoms with Crippen molar-refractivity contribution in [3.63, 3.8) is 0 Å². The number of carbonyl (C=O) groups is 2. The largest absolute Gasteiger partial charge is 0.353 e. The van der Waals surface area contributed by atoms with Crippen molar-refractivity contribution in [1.82, 2.24) is 15.5 Å². The summed E-state index contributed by atoms with van der Waals surface area (Å²) < 4.78 is 0. The van der Waals surface area contributed by atoms with E-state index in [1.54, 1.807) is 14.1 Å². The van der Waals surface area contributed by atoms with Crippen LogP contribution >= 0.6 is 0 Å². The molecule has 0 saturated heterocycles. The fraction of sp³-hybridized carbons (Fsp3) is 0.818. The molecule has 0 aliphatic heterocycles. The molecule has 0 rings (SSSR count). The molecule has 0 aliphatic rings. The van der Waals surface area contributed by atoms with Crippen LogP contribution in [0.25, 0.3) is 0 Å². The van der Waals surface area contributed by atoms with Gasteiger partial charge in [-0.05, 0) is 12.3 Å². The van der Waals surface area contributed by atoms with Crippen LogP contribution < -0.4 is 16.4 Å². The third kappa shape index (κ3) is 7.57. The molecule has 0 fully saturated rings. The van der Waals surface area contributed by atoms with Gasteiger partial charge in [-0.1, -0.05) is 13.8 Å². The minimum Gasteiger partial charge on any atom is -0.353 e. The maximum Gasteiger partial charge on any atom is 0.316 e. The van der Waals surface area contributed by atoms with Gasteiger partial charge in [-0.15, -0.1) is 0 Å². The highest BCUT2D eigenvalue weighted by molar-refractivity contribution is 5.81. The van der Waals surface area contributed by atoms with Crippen molar-refractivity contribution < 1.29 is 9.59 Å². The summed E-state index contributed by atoms with van der Waals surface area (Å²) in [6, 6.07) is -0.648. The van der Waals surface area contributed by atoms with Crippen LogP contribution in [0, 0.1) is 5.92 Å². The lowest BCUT2D eigenvalue weighted by Gasteiger charge is -2.15. The number of nitrogens with one attached hydrogen (secondary N) is 2. The first-order chi connectivity index (χ1) is 7.84. The number of hydrogen-bond acceptors (Lipinski definition) is 3. The predicted octanol–water partition coefficient (Wildman–Crippen LogP) is -0.253. The van der Waals surface area contributed by atoms with E-state index in [2.05, 4.69) is 10.6 Å². The number of nitrogens with two attached hydrogens (primary N) is 1. The highest BCUT2D eigenvalue weighted by atomic mass is 16.2. The average Bonchev–Trinajstić information content (AvgIpc) is 2.22. The van der Waals surface area contributed by atoms with E-state index in [0.29, 0.717) is 25.4 Å². The SMILES string of the molecule is CC(C)CC(N)C(=O)NCCNC(=O)N(C)C. The molecule has 0 saturated carbocycles. The maximum atomic E-state index is 11.5. The quantitative estimate of drug-likeness (QED) is 0.563. The second-order valence-electron chi connectivity index (χ2n) is 4.65. The molecule has 6 heteroatoms. The zero-order chi connectivity index (χ0) is 13.4. The second-order valence-corrected chi connectivity index (χ2v) is 4.65. The number of urea groups is 1. The second kappa shape index (κ2) is 7.89. The van der Waals surface area contributed by atoms with Crippen molar-refractivity contribution in [2.45, 2.75) is 26.3 Å². The highest BCUT2D eigenvalue weighted by Crippen LogP contribution is 2.01. The Bertz CT molecular complexity index is 254. The minimum absolute atomic E-state index is 0.169. The number of nitrogens with zero attached hydrogens (tertiary/aromatic N) is 1. The molecule has 4 N–H and O–H groups in total. The first-order valence-electron chi connectivity index (χ1n) is 5.83. The van der Waals surface area contributed by atoms with Crippen LogP contribution in [0.15, 0.2) is 0 Å². The van der Waals surface area contributed by atoms with Crippen molar-refractivity contribution in [3.05, 3.63) is 0 Å². The van der Waals surface area contributed by atoms with E-state index in [-0.39, 0.29) is 11.9 Å². The summed E-state index contributed by atoms with van der Waals surface area (Å²) in [6.07, 6.45) is 0.663. The van der Waals surface area contributed by atoms with E-state index in [4.69, 9.17) is 5.73 Å². The van der Waals surface area contributed by atoms with E-state index in [1.807, 2.05) is 13.8 Å². The molecule has 0 aromatic carbocycles. The van der Waals surface area contributed by atoms with E-state index in [1.165, 1.54) is 4.90 Å². The highest BCUT2D eigenvalue weighted by Gasteiger charge is 2.14. The molecule has 0 aliphatic carbocycles. The molecule has 0 radical (unpaired) electrons. The third-order valence-electron chi connectivity index (χ3n) is 2.17. The summed E-state index contributed by atoms with van der Waals surface area (Å²) in [4.78, 5) is 24.1. The first-order valence-corrected chi connectivity index (χ1v) is 5.83. The van der Waals surface area contributed by atoms with Crippen molar-refractivity contribution >= 4 is 11.9 Å². The Labute approximate surface area is 103 Å². The average molecular weight is 244 g/mol. The van der Waals surface area contributed by atoms with E-state index in [0.717, 1.165) is 0 Å². The molecule has 0 spiro atoms. The normalized spacial score (nSPS) is 12.1. The number of hydrogen-bond donors (Lipinski definition) is 3. The topological polar surface area (TPSA) is 87.5 Å². The van der Waals surface area contributed by atoms with Gasteiger partial charge in [0.2, 0.25) is 5.91 Å². The van der Waals surface area contributed by atoms with E-state index >= 15 is 0 Å². The van der Waals surface area contributed by atoms with Crippen LogP contribution in [0.4, 0.5) is 4.79 Å². The van der Waals surface area contributed by atoms with Crippen molar-refractivity contribution in [2.24, 2.45) is 11.7 Å².